The number of aliphatic hydroxyl groups is 1. The Labute approximate surface area is 296 Å². The minimum absolute atomic E-state index is 0.0225. The molecular formula is C39H43N3O7S. The van der Waals surface area contributed by atoms with Gasteiger partial charge in [0.25, 0.3) is 0 Å². The second-order valence-corrected chi connectivity index (χ2v) is 13.1. The fraction of sp³-hybridized carbons (Fsp3) is 0.308. The van der Waals surface area contributed by atoms with E-state index in [-0.39, 0.29) is 43.8 Å². The Hall–Kier alpha value is -4.68. The summed E-state index contributed by atoms with van der Waals surface area (Å²) in [5, 5.41) is 17.6. The van der Waals surface area contributed by atoms with Gasteiger partial charge in [0.05, 0.1) is 25.4 Å². The first-order valence-corrected chi connectivity index (χ1v) is 17.6. The van der Waals surface area contributed by atoms with Gasteiger partial charge in [0.1, 0.15) is 6.54 Å². The smallest absolute Gasteiger partial charge is 0.325 e. The molecule has 0 spiro atoms. The third-order valence-electron chi connectivity index (χ3n) is 8.31. The molecule has 1 heterocycles. The summed E-state index contributed by atoms with van der Waals surface area (Å²) in [6.07, 6.45) is -0.957. The summed E-state index contributed by atoms with van der Waals surface area (Å²) in [6, 6.07) is 31.2. The van der Waals surface area contributed by atoms with E-state index in [1.165, 1.54) is 6.92 Å². The third kappa shape index (κ3) is 10.2. The Morgan fingerprint density at radius 1 is 0.840 bits per heavy atom. The molecule has 262 valence electrons. The van der Waals surface area contributed by atoms with Crippen LogP contribution in [0.1, 0.15) is 55.4 Å². The van der Waals surface area contributed by atoms with Crippen LogP contribution in [0.4, 0.5) is 10.5 Å². The Morgan fingerprint density at radius 3 is 2.24 bits per heavy atom. The molecule has 0 radical (unpaired) electrons. The highest BCUT2D eigenvalue weighted by Crippen LogP contribution is 2.43. The van der Waals surface area contributed by atoms with E-state index >= 15 is 0 Å². The second kappa shape index (κ2) is 17.8. The van der Waals surface area contributed by atoms with E-state index in [1.54, 1.807) is 18.7 Å². The van der Waals surface area contributed by atoms with Crippen molar-refractivity contribution in [2.45, 2.75) is 57.3 Å². The number of hydrogen-bond acceptors (Lipinski definition) is 8. The Morgan fingerprint density at radius 2 is 1.56 bits per heavy atom. The average Bonchev–Trinajstić information content (AvgIpc) is 3.13. The van der Waals surface area contributed by atoms with Gasteiger partial charge < -0.3 is 35.3 Å². The van der Waals surface area contributed by atoms with Gasteiger partial charge in [-0.3, -0.25) is 9.59 Å². The molecule has 1 fully saturated rings. The maximum absolute atomic E-state index is 12.1. The molecular weight excluding hydrogens is 655 g/mol. The van der Waals surface area contributed by atoms with Gasteiger partial charge in [0, 0.05) is 41.3 Å². The zero-order valence-corrected chi connectivity index (χ0v) is 29.2. The van der Waals surface area contributed by atoms with E-state index in [4.69, 9.17) is 14.2 Å². The van der Waals surface area contributed by atoms with E-state index in [1.807, 2.05) is 97.1 Å². The number of urea groups is 1. The lowest BCUT2D eigenvalue weighted by Crippen LogP contribution is -2.38. The minimum Gasteiger partial charge on any atom is -0.465 e. The van der Waals surface area contributed by atoms with Crippen molar-refractivity contribution < 1.29 is 33.7 Å². The molecule has 1 saturated heterocycles. The first-order chi connectivity index (χ1) is 24.2. The van der Waals surface area contributed by atoms with Crippen molar-refractivity contribution in [2.24, 2.45) is 5.92 Å². The standard InChI is InChI=1S/C39H43N3O7S/c1-4-47-36(45)22-41-39(46)40-21-28-6-5-7-32(20-28)29-12-14-31(15-13-29)38-48-35(24-50-34-18-16-33(17-19-34)42-26(3)44)25(2)37(49-38)30-10-8-27(23-43)9-11-30/h5-20,25,35,37-38,43H,4,21-24H2,1-3H3,(H,42,44)(H2,40,41,46)/t25-,35+,37+,38+/m0/s1. The molecule has 0 bridgehead atoms. The highest BCUT2D eigenvalue weighted by Gasteiger charge is 2.38. The number of benzene rings is 4. The molecule has 1 aliphatic heterocycles. The van der Waals surface area contributed by atoms with Crippen molar-refractivity contribution in [3.63, 3.8) is 0 Å². The zero-order valence-electron chi connectivity index (χ0n) is 28.4. The van der Waals surface area contributed by atoms with Crippen LogP contribution in [-0.2, 0) is 37.0 Å². The molecule has 50 heavy (non-hydrogen) atoms. The molecule has 3 amide bonds. The highest BCUT2D eigenvalue weighted by molar-refractivity contribution is 7.99. The lowest BCUT2D eigenvalue weighted by molar-refractivity contribution is -0.268. The number of carbonyl (C=O) groups excluding carboxylic acids is 3. The van der Waals surface area contributed by atoms with Crippen molar-refractivity contribution in [2.75, 3.05) is 24.2 Å². The summed E-state index contributed by atoms with van der Waals surface area (Å²) in [5.74, 6) is 0.148. The third-order valence-corrected chi connectivity index (χ3v) is 9.41. The molecule has 1 aliphatic rings. The highest BCUT2D eigenvalue weighted by atomic mass is 32.2. The van der Waals surface area contributed by atoms with Crippen molar-refractivity contribution in [3.05, 3.63) is 119 Å². The van der Waals surface area contributed by atoms with Crippen LogP contribution in [-0.4, -0.2) is 48.0 Å². The summed E-state index contributed by atoms with van der Waals surface area (Å²) in [5.41, 5.74) is 6.40. The van der Waals surface area contributed by atoms with Gasteiger partial charge in [-0.05, 0) is 65.1 Å². The summed E-state index contributed by atoms with van der Waals surface area (Å²) in [7, 11) is 0. The van der Waals surface area contributed by atoms with Crippen LogP contribution >= 0.6 is 11.8 Å². The van der Waals surface area contributed by atoms with Crippen LogP contribution in [0.2, 0.25) is 0 Å². The Kier molecular flexibility index (Phi) is 13.0. The fourth-order valence-corrected chi connectivity index (χ4v) is 6.70. The zero-order chi connectivity index (χ0) is 35.5. The normalized spacial score (nSPS) is 18.6. The summed E-state index contributed by atoms with van der Waals surface area (Å²) < 4.78 is 18.1. The number of hydrogen-bond donors (Lipinski definition) is 4. The lowest BCUT2D eigenvalue weighted by atomic mass is 9.91. The summed E-state index contributed by atoms with van der Waals surface area (Å²) in [4.78, 5) is 36.1. The molecule has 5 rings (SSSR count). The summed E-state index contributed by atoms with van der Waals surface area (Å²) >= 11 is 1.69. The first kappa shape index (κ1) is 36.6. The van der Waals surface area contributed by atoms with Crippen molar-refractivity contribution in [1.82, 2.24) is 10.6 Å². The molecule has 4 aromatic carbocycles. The number of ether oxygens (including phenoxy) is 3. The largest absolute Gasteiger partial charge is 0.465 e. The maximum Gasteiger partial charge on any atom is 0.325 e. The van der Waals surface area contributed by atoms with E-state index in [9.17, 15) is 19.5 Å². The topological polar surface area (TPSA) is 135 Å². The van der Waals surface area contributed by atoms with E-state index in [2.05, 4.69) is 22.9 Å². The van der Waals surface area contributed by atoms with Crippen LogP contribution in [0.5, 0.6) is 0 Å². The van der Waals surface area contributed by atoms with Gasteiger partial charge in [0.15, 0.2) is 6.29 Å². The monoisotopic (exact) mass is 697 g/mol. The molecule has 4 aromatic rings. The van der Waals surface area contributed by atoms with Gasteiger partial charge in [-0.2, -0.15) is 0 Å². The van der Waals surface area contributed by atoms with E-state index < -0.39 is 18.3 Å². The van der Waals surface area contributed by atoms with Crippen molar-refractivity contribution in [1.29, 1.82) is 0 Å². The number of esters is 1. The number of carbonyl (C=O) groups is 3. The van der Waals surface area contributed by atoms with Crippen molar-refractivity contribution >= 4 is 35.4 Å². The molecule has 4 atom stereocenters. The van der Waals surface area contributed by atoms with Crippen molar-refractivity contribution in [3.8, 4) is 11.1 Å². The molecule has 11 heteroatoms. The summed E-state index contributed by atoms with van der Waals surface area (Å²) in [6.45, 7) is 5.68. The number of rotatable bonds is 13. The number of nitrogens with one attached hydrogen (secondary N) is 3. The van der Waals surface area contributed by atoms with Gasteiger partial charge in [0.2, 0.25) is 5.91 Å². The van der Waals surface area contributed by atoms with E-state index in [0.29, 0.717) is 12.3 Å². The fourth-order valence-electron chi connectivity index (χ4n) is 5.63. The van der Waals surface area contributed by atoms with Gasteiger partial charge in [-0.15, -0.1) is 11.8 Å². The Bertz CT molecular complexity index is 1730. The average molecular weight is 698 g/mol. The van der Waals surface area contributed by atoms with Crippen LogP contribution in [0.25, 0.3) is 11.1 Å². The maximum atomic E-state index is 12.1. The second-order valence-electron chi connectivity index (χ2n) is 12.0. The predicted molar refractivity (Wildman–Crippen MR) is 193 cm³/mol. The SMILES string of the molecule is CCOC(=O)CNC(=O)NCc1cccc(-c2ccc([C@@H]3O[C@H](CSc4ccc(NC(C)=O)cc4)[C@H](C)[C@H](c4ccc(CO)cc4)O3)cc2)c1. The number of anilines is 1. The van der Waals surface area contributed by atoms with Crippen LogP contribution < -0.4 is 16.0 Å². The molecule has 0 aliphatic carbocycles. The number of aliphatic hydroxyl groups excluding tert-OH is 1. The molecule has 4 N–H and O–H groups in total. The molecule has 0 unspecified atom stereocenters. The van der Waals surface area contributed by atoms with E-state index in [0.717, 1.165) is 44.0 Å². The Balaban J connectivity index is 1.27. The van der Waals surface area contributed by atoms with Crippen LogP contribution in [0.15, 0.2) is 102 Å². The molecule has 0 saturated carbocycles. The first-order valence-electron chi connectivity index (χ1n) is 16.6. The van der Waals surface area contributed by atoms with Gasteiger partial charge in [-0.25, -0.2) is 4.79 Å². The molecule has 10 nitrogen and oxygen atoms in total. The molecule has 0 aromatic heterocycles. The van der Waals surface area contributed by atoms with Crippen LogP contribution in [0, 0.1) is 5.92 Å². The number of thioether (sulfide) groups is 1. The minimum atomic E-state index is -0.598. The van der Waals surface area contributed by atoms with Gasteiger partial charge in [-0.1, -0.05) is 73.7 Å². The lowest BCUT2D eigenvalue weighted by Gasteiger charge is -2.41. The quantitative estimate of drug-likeness (QED) is 0.0891. The predicted octanol–water partition coefficient (Wildman–Crippen LogP) is 6.75. The van der Waals surface area contributed by atoms with Crippen LogP contribution in [0.3, 0.4) is 0 Å². The number of amides is 3. The van der Waals surface area contributed by atoms with Gasteiger partial charge >= 0.3 is 12.0 Å².